The molecule has 0 aromatic rings. The summed E-state index contributed by atoms with van der Waals surface area (Å²) in [5.74, 6) is -36.7. The predicted octanol–water partition coefficient (Wildman–Crippen LogP) is 5.04. The molecule has 0 bridgehead atoms. The first-order chi connectivity index (χ1) is 9.19. The highest BCUT2D eigenvalue weighted by Crippen LogP contribution is 2.61. The molecule has 1 atom stereocenters. The van der Waals surface area contributed by atoms with Gasteiger partial charge in [-0.05, 0) is 6.92 Å². The van der Waals surface area contributed by atoms with E-state index in [1.807, 2.05) is 0 Å². The normalized spacial score (nSPS) is 17.6. The minimum absolute atomic E-state index is 0.451. The molecule has 134 valence electrons. The van der Waals surface area contributed by atoms with Crippen LogP contribution in [0.4, 0.5) is 57.1 Å². The van der Waals surface area contributed by atoms with Crippen molar-refractivity contribution in [1.29, 1.82) is 0 Å². The van der Waals surface area contributed by atoms with Crippen molar-refractivity contribution in [2.45, 2.75) is 48.0 Å². The average Bonchev–Trinajstić information content (AvgIpc) is 2.25. The van der Waals surface area contributed by atoms with E-state index in [2.05, 4.69) is 0 Å². The van der Waals surface area contributed by atoms with E-state index in [-0.39, 0.29) is 0 Å². The van der Waals surface area contributed by atoms with E-state index >= 15 is 0 Å². The molecular weight excluding hydrogens is 375 g/mol. The van der Waals surface area contributed by atoms with Gasteiger partial charge in [0, 0.05) is 0 Å². The number of rotatable bonds is 6. The topological polar surface area (TPSA) is 0 Å². The van der Waals surface area contributed by atoms with Gasteiger partial charge in [0.25, 0.3) is 0 Å². The maximum absolute atomic E-state index is 12.9. The fraction of sp³-hybridized carbons (Fsp3) is 1.00. The minimum atomic E-state index is -7.74. The first kappa shape index (κ1) is 21.4. The Morgan fingerprint density at radius 1 is 0.591 bits per heavy atom. The van der Waals surface area contributed by atoms with Gasteiger partial charge in [-0.25, -0.2) is 4.39 Å². The molecule has 0 aliphatic carbocycles. The van der Waals surface area contributed by atoms with E-state index in [4.69, 9.17) is 0 Å². The van der Waals surface area contributed by atoms with Crippen molar-refractivity contribution in [2.75, 3.05) is 0 Å². The highest BCUT2D eigenvalue weighted by molar-refractivity contribution is 7.81. The van der Waals surface area contributed by atoms with Crippen molar-refractivity contribution in [3.63, 3.8) is 0 Å². The van der Waals surface area contributed by atoms with Crippen molar-refractivity contribution in [2.24, 2.45) is 0 Å². The van der Waals surface area contributed by atoms with Crippen LogP contribution in [0, 0.1) is 0 Å². The smallest absolute Gasteiger partial charge is 0.241 e. The first-order valence-corrected chi connectivity index (χ1v) is 5.27. The Bertz CT molecular complexity index is 407. The van der Waals surface area contributed by atoms with Gasteiger partial charge in [0.05, 0.1) is 0 Å². The average molecular weight is 380 g/mol. The Kier molecular flexibility index (Phi) is 5.09. The van der Waals surface area contributed by atoms with Gasteiger partial charge in [-0.1, -0.05) is 12.6 Å². The van der Waals surface area contributed by atoms with Gasteiger partial charge in [0.1, 0.15) is 0 Å². The molecule has 0 saturated heterocycles. The van der Waals surface area contributed by atoms with Crippen molar-refractivity contribution < 1.29 is 57.1 Å². The van der Waals surface area contributed by atoms with E-state index in [0.717, 1.165) is 0 Å². The van der Waals surface area contributed by atoms with Crippen molar-refractivity contribution in [1.82, 2.24) is 0 Å². The van der Waals surface area contributed by atoms with E-state index in [1.54, 1.807) is 12.6 Å². The first-order valence-electron chi connectivity index (χ1n) is 4.83. The predicted molar refractivity (Wildman–Crippen MR) is 49.2 cm³/mol. The summed E-state index contributed by atoms with van der Waals surface area (Å²) in [5, 5.41) is -6.27. The zero-order valence-electron chi connectivity index (χ0n) is 9.94. The summed E-state index contributed by atoms with van der Waals surface area (Å²) >= 11 is 1.57. The molecule has 0 amide bonds. The van der Waals surface area contributed by atoms with Gasteiger partial charge in [0.2, 0.25) is 0 Å². The zero-order valence-corrected chi connectivity index (χ0v) is 10.8. The van der Waals surface area contributed by atoms with Gasteiger partial charge in [-0.3, -0.25) is 0 Å². The zero-order chi connectivity index (χ0) is 18.6. The van der Waals surface area contributed by atoms with Crippen LogP contribution < -0.4 is 0 Å². The van der Waals surface area contributed by atoms with Gasteiger partial charge in [-0.2, -0.15) is 52.7 Å². The molecule has 0 saturated carbocycles. The minimum Gasteiger partial charge on any atom is -0.241 e. The van der Waals surface area contributed by atoms with Crippen LogP contribution in [0.2, 0.25) is 0 Å². The molecule has 0 aromatic carbocycles. The highest BCUT2D eigenvalue weighted by atomic mass is 32.1. The van der Waals surface area contributed by atoms with E-state index < -0.39 is 48.0 Å². The van der Waals surface area contributed by atoms with E-state index in [1.165, 1.54) is 0 Å². The van der Waals surface area contributed by atoms with E-state index in [0.29, 0.717) is 0 Å². The third-order valence-electron chi connectivity index (χ3n) is 2.48. The van der Waals surface area contributed by atoms with Crippen LogP contribution in [0.3, 0.4) is 0 Å². The molecule has 22 heavy (non-hydrogen) atoms. The Morgan fingerprint density at radius 3 is 1.09 bits per heavy atom. The summed E-state index contributed by atoms with van der Waals surface area (Å²) in [6, 6.07) is 0. The molecule has 0 heterocycles. The Hall–Kier alpha value is -0.560. The lowest BCUT2D eigenvalue weighted by atomic mass is 9.92. The van der Waals surface area contributed by atoms with Crippen LogP contribution in [-0.2, 0) is 0 Å². The molecule has 0 rings (SSSR count). The summed E-state index contributed by atoms with van der Waals surface area (Å²) < 4.78 is 164. The SMILES string of the molecule is CC(F)C(F)(F)C(F)(F)C(F)(F)C(F)(F)C(F)(F)C(F)(F)S. The molecule has 0 aliphatic heterocycles. The Morgan fingerprint density at radius 2 is 0.864 bits per heavy atom. The molecular formula is C8H5F13S. The maximum Gasteiger partial charge on any atom is 0.387 e. The van der Waals surface area contributed by atoms with Crippen LogP contribution in [0.15, 0.2) is 0 Å². The molecule has 0 spiro atoms. The van der Waals surface area contributed by atoms with Gasteiger partial charge < -0.3 is 0 Å². The van der Waals surface area contributed by atoms with Crippen LogP contribution >= 0.6 is 12.6 Å². The number of alkyl halides is 13. The second-order valence-electron chi connectivity index (χ2n) is 4.08. The molecule has 1 unspecified atom stereocenters. The second kappa shape index (κ2) is 5.23. The van der Waals surface area contributed by atoms with Crippen molar-refractivity contribution in [3.05, 3.63) is 0 Å². The van der Waals surface area contributed by atoms with Crippen molar-refractivity contribution >= 4 is 12.6 Å². The summed E-state index contributed by atoms with van der Waals surface area (Å²) in [6.07, 6.45) is -4.19. The Balaban J connectivity index is 6.24. The third kappa shape index (κ3) is 2.60. The van der Waals surface area contributed by atoms with Crippen LogP contribution in [-0.4, -0.2) is 41.0 Å². The lowest BCUT2D eigenvalue weighted by Crippen LogP contribution is -2.71. The number of hydrogen-bond donors (Lipinski definition) is 1. The Labute approximate surface area is 119 Å². The van der Waals surface area contributed by atoms with Gasteiger partial charge in [-0.15, -0.1) is 0 Å². The summed E-state index contributed by atoms with van der Waals surface area (Å²) in [6.45, 7) is -0.451. The molecule has 0 N–H and O–H groups in total. The number of hydrogen-bond acceptors (Lipinski definition) is 1. The van der Waals surface area contributed by atoms with E-state index in [9.17, 15) is 57.1 Å². The molecule has 0 fully saturated rings. The summed E-state index contributed by atoms with van der Waals surface area (Å²) in [4.78, 5) is 0. The number of halogens is 13. The molecule has 0 aromatic heterocycles. The molecule has 14 heteroatoms. The number of thiol groups is 1. The monoisotopic (exact) mass is 380 g/mol. The molecule has 0 aliphatic rings. The fourth-order valence-electron chi connectivity index (χ4n) is 1.04. The third-order valence-corrected chi connectivity index (χ3v) is 2.76. The molecule has 0 radical (unpaired) electrons. The standard InChI is InChI=1S/C8H5F13S/c1-2(9)3(10,11)4(12,13)5(14,15)6(16,17)7(18,19)8(20,21)22/h2,22H,1H3. The molecule has 0 nitrogen and oxygen atoms in total. The second-order valence-corrected chi connectivity index (χ2v) is 4.64. The maximum atomic E-state index is 12.9. The summed E-state index contributed by atoms with van der Waals surface area (Å²) in [5.41, 5.74) is 0. The van der Waals surface area contributed by atoms with Gasteiger partial charge in [0.15, 0.2) is 6.17 Å². The van der Waals surface area contributed by atoms with Crippen molar-refractivity contribution in [3.8, 4) is 0 Å². The fourth-order valence-corrected chi connectivity index (χ4v) is 1.18. The van der Waals surface area contributed by atoms with Crippen LogP contribution in [0.5, 0.6) is 0 Å². The lowest BCUT2D eigenvalue weighted by Gasteiger charge is -2.40. The van der Waals surface area contributed by atoms with Crippen LogP contribution in [0.25, 0.3) is 0 Å². The van der Waals surface area contributed by atoms with Crippen LogP contribution in [0.1, 0.15) is 6.92 Å². The quantitative estimate of drug-likeness (QED) is 0.484. The summed E-state index contributed by atoms with van der Waals surface area (Å²) in [7, 11) is 0. The lowest BCUT2D eigenvalue weighted by molar-refractivity contribution is -0.420. The highest BCUT2D eigenvalue weighted by Gasteiger charge is 2.90. The van der Waals surface area contributed by atoms with Gasteiger partial charge >= 0.3 is 34.9 Å². The largest absolute Gasteiger partial charge is 0.387 e.